The molecule has 0 amide bonds. The molecule has 0 saturated carbocycles. The molecule has 1 N–H and O–H groups in total. The van der Waals surface area contributed by atoms with Crippen LogP contribution in [-0.2, 0) is 5.75 Å². The zero-order chi connectivity index (χ0) is 13.1. The molecular formula is C14H20FNOS. The zero-order valence-corrected chi connectivity index (χ0v) is 11.9. The first-order valence-electron chi connectivity index (χ1n) is 6.43. The monoisotopic (exact) mass is 269 g/mol. The average molecular weight is 269 g/mol. The Morgan fingerprint density at radius 2 is 2.22 bits per heavy atom. The van der Waals surface area contributed by atoms with Crippen molar-refractivity contribution in [2.45, 2.75) is 37.3 Å². The van der Waals surface area contributed by atoms with E-state index >= 15 is 0 Å². The van der Waals surface area contributed by atoms with Gasteiger partial charge < -0.3 is 10.1 Å². The number of nitrogens with one attached hydrogen (secondary N) is 1. The summed E-state index contributed by atoms with van der Waals surface area (Å²) < 4.78 is 19.5. The van der Waals surface area contributed by atoms with Crippen molar-refractivity contribution in [1.82, 2.24) is 5.32 Å². The fourth-order valence-electron chi connectivity index (χ4n) is 2.57. The molecule has 0 aliphatic carbocycles. The van der Waals surface area contributed by atoms with E-state index in [0.717, 1.165) is 35.6 Å². The fraction of sp³-hybridized carbons (Fsp3) is 0.571. The van der Waals surface area contributed by atoms with Gasteiger partial charge in [0, 0.05) is 28.2 Å². The average Bonchev–Trinajstić information content (AvgIpc) is 2.39. The van der Waals surface area contributed by atoms with Crippen LogP contribution in [0.2, 0.25) is 0 Å². The predicted octanol–water partition coefficient (Wildman–Crippen LogP) is 3.51. The van der Waals surface area contributed by atoms with Gasteiger partial charge in [0.25, 0.3) is 0 Å². The minimum atomic E-state index is -0.115. The molecule has 100 valence electrons. The first-order valence-corrected chi connectivity index (χ1v) is 7.48. The Hall–Kier alpha value is -0.740. The van der Waals surface area contributed by atoms with Crippen molar-refractivity contribution in [3.63, 3.8) is 0 Å². The van der Waals surface area contributed by atoms with E-state index in [9.17, 15) is 4.39 Å². The van der Waals surface area contributed by atoms with Crippen LogP contribution in [0.1, 0.15) is 37.4 Å². The normalized spacial score (nSPS) is 22.7. The summed E-state index contributed by atoms with van der Waals surface area (Å²) in [5, 5.41) is 3.85. The molecule has 0 bridgehead atoms. The van der Waals surface area contributed by atoms with Crippen LogP contribution in [-0.4, -0.2) is 18.9 Å². The maximum atomic E-state index is 14.2. The quantitative estimate of drug-likeness (QED) is 0.904. The Kier molecular flexibility index (Phi) is 4.51. The van der Waals surface area contributed by atoms with Crippen molar-refractivity contribution in [1.29, 1.82) is 0 Å². The largest absolute Gasteiger partial charge is 0.496 e. The van der Waals surface area contributed by atoms with Crippen molar-refractivity contribution in [2.24, 2.45) is 0 Å². The third kappa shape index (κ3) is 2.36. The van der Waals surface area contributed by atoms with Gasteiger partial charge in [0.2, 0.25) is 0 Å². The third-order valence-electron chi connectivity index (χ3n) is 3.43. The van der Waals surface area contributed by atoms with E-state index in [-0.39, 0.29) is 11.9 Å². The lowest BCUT2D eigenvalue weighted by Gasteiger charge is -2.34. The summed E-state index contributed by atoms with van der Waals surface area (Å²) in [5.74, 6) is 1.52. The van der Waals surface area contributed by atoms with Gasteiger partial charge in [0.15, 0.2) is 0 Å². The second-order valence-corrected chi connectivity index (χ2v) is 5.66. The standard InChI is InChI=1S/C14H20FNOS/c1-4-12-14(16-5-2)13-9(8-18-12)11(17-3)7-6-10(13)15/h6-7,12,14,16H,4-5,8H2,1-3H3. The highest BCUT2D eigenvalue weighted by Gasteiger charge is 2.32. The minimum absolute atomic E-state index is 0.0869. The van der Waals surface area contributed by atoms with Gasteiger partial charge in [-0.15, -0.1) is 0 Å². The second kappa shape index (κ2) is 5.93. The van der Waals surface area contributed by atoms with Gasteiger partial charge in [-0.3, -0.25) is 0 Å². The number of hydrogen-bond donors (Lipinski definition) is 1. The van der Waals surface area contributed by atoms with Gasteiger partial charge in [0.1, 0.15) is 11.6 Å². The summed E-state index contributed by atoms with van der Waals surface area (Å²) in [5.41, 5.74) is 1.82. The first kappa shape index (κ1) is 13.7. The number of ether oxygens (including phenoxy) is 1. The number of fused-ring (bicyclic) bond motifs is 1. The number of halogens is 1. The molecule has 0 radical (unpaired) electrons. The summed E-state index contributed by atoms with van der Waals surface area (Å²) in [6.07, 6.45) is 1.04. The van der Waals surface area contributed by atoms with Crippen LogP contribution in [0.25, 0.3) is 0 Å². The van der Waals surface area contributed by atoms with Gasteiger partial charge >= 0.3 is 0 Å². The lowest BCUT2D eigenvalue weighted by Crippen LogP contribution is -2.34. The number of hydrogen-bond acceptors (Lipinski definition) is 3. The predicted molar refractivity (Wildman–Crippen MR) is 74.7 cm³/mol. The van der Waals surface area contributed by atoms with Gasteiger partial charge in [-0.05, 0) is 25.1 Å². The van der Waals surface area contributed by atoms with Crippen molar-refractivity contribution in [3.8, 4) is 5.75 Å². The second-order valence-electron chi connectivity index (χ2n) is 4.43. The summed E-state index contributed by atoms with van der Waals surface area (Å²) in [6.45, 7) is 5.06. The molecular weight excluding hydrogens is 249 g/mol. The molecule has 1 aromatic rings. The minimum Gasteiger partial charge on any atom is -0.496 e. The van der Waals surface area contributed by atoms with Crippen LogP contribution in [0.3, 0.4) is 0 Å². The van der Waals surface area contributed by atoms with Gasteiger partial charge in [0.05, 0.1) is 7.11 Å². The SMILES string of the molecule is CCNC1c2c(F)ccc(OC)c2CSC1CC. The molecule has 4 heteroatoms. The van der Waals surface area contributed by atoms with Crippen molar-refractivity contribution >= 4 is 11.8 Å². The Labute approximate surface area is 112 Å². The molecule has 2 nitrogen and oxygen atoms in total. The summed E-state index contributed by atoms with van der Waals surface area (Å²) >= 11 is 1.88. The van der Waals surface area contributed by atoms with Crippen molar-refractivity contribution in [2.75, 3.05) is 13.7 Å². The fourth-order valence-corrected chi connectivity index (χ4v) is 3.91. The molecule has 2 rings (SSSR count). The zero-order valence-electron chi connectivity index (χ0n) is 11.1. The molecule has 0 fully saturated rings. The van der Waals surface area contributed by atoms with Gasteiger partial charge in [-0.25, -0.2) is 4.39 Å². The Balaban J connectivity index is 2.48. The Morgan fingerprint density at radius 3 is 2.83 bits per heavy atom. The number of methoxy groups -OCH3 is 1. The van der Waals surface area contributed by atoms with Crippen LogP contribution >= 0.6 is 11.8 Å². The maximum absolute atomic E-state index is 14.2. The summed E-state index contributed by atoms with van der Waals surface area (Å²) in [6, 6.07) is 3.33. The molecule has 0 spiro atoms. The van der Waals surface area contributed by atoms with Crippen LogP contribution in [0.15, 0.2) is 12.1 Å². The Bertz CT molecular complexity index is 425. The maximum Gasteiger partial charge on any atom is 0.128 e. The number of benzene rings is 1. The molecule has 1 heterocycles. The number of thioether (sulfide) groups is 1. The molecule has 1 aromatic carbocycles. The summed E-state index contributed by atoms with van der Waals surface area (Å²) in [7, 11) is 1.65. The number of rotatable bonds is 4. The van der Waals surface area contributed by atoms with E-state index in [2.05, 4.69) is 19.2 Å². The van der Waals surface area contributed by atoms with Crippen molar-refractivity contribution < 1.29 is 9.13 Å². The summed E-state index contributed by atoms with van der Waals surface area (Å²) in [4.78, 5) is 0. The van der Waals surface area contributed by atoms with Crippen LogP contribution in [0.4, 0.5) is 4.39 Å². The highest BCUT2D eigenvalue weighted by molar-refractivity contribution is 7.99. The molecule has 18 heavy (non-hydrogen) atoms. The lowest BCUT2D eigenvalue weighted by molar-refractivity contribution is 0.403. The lowest BCUT2D eigenvalue weighted by atomic mass is 9.95. The third-order valence-corrected chi connectivity index (χ3v) is 4.92. The smallest absolute Gasteiger partial charge is 0.128 e. The van der Waals surface area contributed by atoms with Crippen LogP contribution in [0, 0.1) is 5.82 Å². The first-order chi connectivity index (χ1) is 8.72. The molecule has 0 saturated heterocycles. The molecule has 1 aliphatic rings. The van der Waals surface area contributed by atoms with E-state index in [1.165, 1.54) is 6.07 Å². The van der Waals surface area contributed by atoms with E-state index < -0.39 is 0 Å². The van der Waals surface area contributed by atoms with Gasteiger partial charge in [-0.2, -0.15) is 11.8 Å². The van der Waals surface area contributed by atoms with Crippen LogP contribution < -0.4 is 10.1 Å². The molecule has 0 aromatic heterocycles. The molecule has 2 unspecified atom stereocenters. The van der Waals surface area contributed by atoms with E-state index in [1.54, 1.807) is 13.2 Å². The van der Waals surface area contributed by atoms with Crippen LogP contribution in [0.5, 0.6) is 5.75 Å². The molecule has 1 aliphatic heterocycles. The van der Waals surface area contributed by atoms with E-state index in [0.29, 0.717) is 5.25 Å². The van der Waals surface area contributed by atoms with E-state index in [1.807, 2.05) is 11.8 Å². The Morgan fingerprint density at radius 1 is 1.44 bits per heavy atom. The topological polar surface area (TPSA) is 21.3 Å². The van der Waals surface area contributed by atoms with Crippen molar-refractivity contribution in [3.05, 3.63) is 29.1 Å². The van der Waals surface area contributed by atoms with E-state index in [4.69, 9.17) is 4.74 Å². The van der Waals surface area contributed by atoms with Gasteiger partial charge in [-0.1, -0.05) is 13.8 Å². The highest BCUT2D eigenvalue weighted by atomic mass is 32.2. The highest BCUT2D eigenvalue weighted by Crippen LogP contribution is 2.43. The molecule has 2 atom stereocenters.